The SMILES string of the molecule is O=C(O)Oc1cccc2ncc(-c3ccccc3)cc12. The molecule has 0 amide bonds. The lowest BCUT2D eigenvalue weighted by Gasteiger charge is -2.07. The zero-order valence-corrected chi connectivity index (χ0v) is 10.5. The van der Waals surface area contributed by atoms with E-state index in [4.69, 9.17) is 9.84 Å². The van der Waals surface area contributed by atoms with Crippen molar-refractivity contribution in [3.05, 3.63) is 60.8 Å². The van der Waals surface area contributed by atoms with Crippen LogP contribution in [-0.2, 0) is 0 Å². The highest BCUT2D eigenvalue weighted by Crippen LogP contribution is 2.28. The van der Waals surface area contributed by atoms with Crippen molar-refractivity contribution in [2.45, 2.75) is 0 Å². The van der Waals surface area contributed by atoms with Crippen molar-refractivity contribution >= 4 is 17.1 Å². The minimum absolute atomic E-state index is 0.292. The first kappa shape index (κ1) is 12.2. The van der Waals surface area contributed by atoms with Crippen molar-refractivity contribution in [2.24, 2.45) is 0 Å². The molecule has 0 unspecified atom stereocenters. The summed E-state index contributed by atoms with van der Waals surface area (Å²) < 4.78 is 4.79. The largest absolute Gasteiger partial charge is 0.511 e. The van der Waals surface area contributed by atoms with Crippen LogP contribution >= 0.6 is 0 Å². The Bertz CT molecular complexity index is 769. The molecule has 1 aromatic heterocycles. The summed E-state index contributed by atoms with van der Waals surface area (Å²) in [6.45, 7) is 0. The Morgan fingerprint density at radius 1 is 1.00 bits per heavy atom. The van der Waals surface area contributed by atoms with E-state index in [0.717, 1.165) is 11.1 Å². The number of fused-ring (bicyclic) bond motifs is 1. The summed E-state index contributed by atoms with van der Waals surface area (Å²) >= 11 is 0. The normalized spacial score (nSPS) is 10.4. The summed E-state index contributed by atoms with van der Waals surface area (Å²) in [6, 6.07) is 16.8. The third-order valence-electron chi connectivity index (χ3n) is 2.99. The Hall–Kier alpha value is -2.88. The monoisotopic (exact) mass is 265 g/mol. The van der Waals surface area contributed by atoms with Crippen LogP contribution in [0.25, 0.3) is 22.0 Å². The molecule has 0 atom stereocenters. The average molecular weight is 265 g/mol. The van der Waals surface area contributed by atoms with Gasteiger partial charge in [-0.15, -0.1) is 0 Å². The fourth-order valence-electron chi connectivity index (χ4n) is 2.09. The number of rotatable bonds is 2. The molecule has 4 nitrogen and oxygen atoms in total. The molecular formula is C16H11NO3. The number of carbonyl (C=O) groups is 1. The lowest BCUT2D eigenvalue weighted by atomic mass is 10.1. The van der Waals surface area contributed by atoms with E-state index in [1.165, 1.54) is 0 Å². The van der Waals surface area contributed by atoms with Gasteiger partial charge in [-0.2, -0.15) is 0 Å². The van der Waals surface area contributed by atoms with Crippen molar-refractivity contribution in [3.8, 4) is 16.9 Å². The van der Waals surface area contributed by atoms with Gasteiger partial charge in [0.25, 0.3) is 0 Å². The first-order valence-corrected chi connectivity index (χ1v) is 6.09. The van der Waals surface area contributed by atoms with Crippen molar-refractivity contribution in [3.63, 3.8) is 0 Å². The number of benzene rings is 2. The van der Waals surface area contributed by atoms with Crippen LogP contribution < -0.4 is 4.74 Å². The molecule has 0 aliphatic rings. The predicted molar refractivity (Wildman–Crippen MR) is 75.8 cm³/mol. The number of nitrogens with zero attached hydrogens (tertiary/aromatic N) is 1. The molecule has 0 spiro atoms. The molecule has 3 aromatic rings. The van der Waals surface area contributed by atoms with Gasteiger partial charge in [0.2, 0.25) is 0 Å². The number of pyridine rings is 1. The van der Waals surface area contributed by atoms with E-state index in [9.17, 15) is 4.79 Å². The van der Waals surface area contributed by atoms with E-state index in [1.807, 2.05) is 42.5 Å². The lowest BCUT2D eigenvalue weighted by Crippen LogP contribution is -2.03. The number of hydrogen-bond acceptors (Lipinski definition) is 3. The molecule has 4 heteroatoms. The minimum atomic E-state index is -1.33. The maximum atomic E-state index is 10.7. The second-order valence-corrected chi connectivity index (χ2v) is 4.28. The Labute approximate surface area is 115 Å². The van der Waals surface area contributed by atoms with Crippen LogP contribution in [0.15, 0.2) is 60.8 Å². The first-order chi connectivity index (χ1) is 9.74. The molecule has 20 heavy (non-hydrogen) atoms. The van der Waals surface area contributed by atoms with Crippen LogP contribution in [0.4, 0.5) is 4.79 Å². The number of aromatic nitrogens is 1. The highest BCUT2D eigenvalue weighted by Gasteiger charge is 2.08. The van der Waals surface area contributed by atoms with Gasteiger partial charge in [-0.05, 0) is 23.8 Å². The molecule has 0 saturated heterocycles. The molecule has 98 valence electrons. The topological polar surface area (TPSA) is 59.4 Å². The van der Waals surface area contributed by atoms with Crippen LogP contribution in [0, 0.1) is 0 Å². The highest BCUT2D eigenvalue weighted by atomic mass is 16.7. The second-order valence-electron chi connectivity index (χ2n) is 4.28. The highest BCUT2D eigenvalue weighted by molar-refractivity contribution is 5.90. The summed E-state index contributed by atoms with van der Waals surface area (Å²) in [5.74, 6) is 0.292. The average Bonchev–Trinajstić information content (AvgIpc) is 2.47. The molecular weight excluding hydrogens is 254 g/mol. The van der Waals surface area contributed by atoms with Crippen molar-refractivity contribution in [1.29, 1.82) is 0 Å². The summed E-state index contributed by atoms with van der Waals surface area (Å²) in [6.07, 6.45) is 0.435. The van der Waals surface area contributed by atoms with Crippen molar-refractivity contribution in [1.82, 2.24) is 4.98 Å². The predicted octanol–water partition coefficient (Wildman–Crippen LogP) is 3.96. The van der Waals surface area contributed by atoms with Gasteiger partial charge < -0.3 is 9.84 Å². The maximum Gasteiger partial charge on any atom is 0.511 e. The van der Waals surface area contributed by atoms with Crippen molar-refractivity contribution in [2.75, 3.05) is 0 Å². The van der Waals surface area contributed by atoms with Crippen LogP contribution in [0.3, 0.4) is 0 Å². The van der Waals surface area contributed by atoms with Gasteiger partial charge in [-0.3, -0.25) is 4.98 Å². The zero-order chi connectivity index (χ0) is 13.9. The third-order valence-corrected chi connectivity index (χ3v) is 2.99. The maximum absolute atomic E-state index is 10.7. The van der Waals surface area contributed by atoms with Gasteiger partial charge >= 0.3 is 6.16 Å². The summed E-state index contributed by atoms with van der Waals surface area (Å²) in [5, 5.41) is 9.45. The molecule has 1 heterocycles. The summed E-state index contributed by atoms with van der Waals surface area (Å²) in [5.41, 5.74) is 2.63. The summed E-state index contributed by atoms with van der Waals surface area (Å²) in [4.78, 5) is 15.1. The van der Waals surface area contributed by atoms with Crippen LogP contribution in [0.2, 0.25) is 0 Å². The quantitative estimate of drug-likeness (QED) is 0.562. The zero-order valence-electron chi connectivity index (χ0n) is 10.5. The standard InChI is InChI=1S/C16H11NO3/c18-16(19)20-15-8-4-7-14-13(15)9-12(10-17-14)11-5-2-1-3-6-11/h1-10H,(H,18,19). The van der Waals surface area contributed by atoms with Gasteiger partial charge in [-0.25, -0.2) is 4.79 Å². The Kier molecular flexibility index (Phi) is 3.05. The Morgan fingerprint density at radius 3 is 2.55 bits per heavy atom. The minimum Gasteiger partial charge on any atom is -0.449 e. The van der Waals surface area contributed by atoms with E-state index >= 15 is 0 Å². The molecule has 0 bridgehead atoms. The Morgan fingerprint density at radius 2 is 1.80 bits per heavy atom. The van der Waals surface area contributed by atoms with Gasteiger partial charge in [0.05, 0.1) is 5.52 Å². The van der Waals surface area contributed by atoms with Crippen LogP contribution in [-0.4, -0.2) is 16.2 Å². The lowest BCUT2D eigenvalue weighted by molar-refractivity contribution is 0.145. The van der Waals surface area contributed by atoms with E-state index in [0.29, 0.717) is 16.7 Å². The summed E-state index contributed by atoms with van der Waals surface area (Å²) in [7, 11) is 0. The van der Waals surface area contributed by atoms with E-state index in [1.54, 1.807) is 18.3 Å². The number of ether oxygens (including phenoxy) is 1. The van der Waals surface area contributed by atoms with Crippen LogP contribution in [0.5, 0.6) is 5.75 Å². The molecule has 0 radical (unpaired) electrons. The molecule has 0 fully saturated rings. The van der Waals surface area contributed by atoms with Crippen LogP contribution in [0.1, 0.15) is 0 Å². The fraction of sp³-hybridized carbons (Fsp3) is 0. The van der Waals surface area contributed by atoms with E-state index in [2.05, 4.69) is 4.98 Å². The fourth-order valence-corrected chi connectivity index (χ4v) is 2.09. The molecule has 0 aliphatic carbocycles. The smallest absolute Gasteiger partial charge is 0.449 e. The van der Waals surface area contributed by atoms with Crippen molar-refractivity contribution < 1.29 is 14.6 Å². The van der Waals surface area contributed by atoms with Gasteiger partial charge in [0.15, 0.2) is 0 Å². The molecule has 3 rings (SSSR count). The van der Waals surface area contributed by atoms with Gasteiger partial charge in [0, 0.05) is 17.1 Å². The Balaban J connectivity index is 2.16. The van der Waals surface area contributed by atoms with E-state index in [-0.39, 0.29) is 0 Å². The molecule has 0 aliphatic heterocycles. The van der Waals surface area contributed by atoms with Gasteiger partial charge in [-0.1, -0.05) is 36.4 Å². The molecule has 0 saturated carbocycles. The van der Waals surface area contributed by atoms with E-state index < -0.39 is 6.16 Å². The first-order valence-electron chi connectivity index (χ1n) is 6.09. The number of carboxylic acid groups (broad SMARTS) is 1. The second kappa shape index (κ2) is 5.01. The molecule has 2 aromatic carbocycles. The molecule has 1 N–H and O–H groups in total. The number of hydrogen-bond donors (Lipinski definition) is 1. The van der Waals surface area contributed by atoms with Gasteiger partial charge in [0.1, 0.15) is 5.75 Å². The third kappa shape index (κ3) is 2.31.